The van der Waals surface area contributed by atoms with Gasteiger partial charge in [-0.2, -0.15) is 0 Å². The molecule has 1 heterocycles. The first-order chi connectivity index (χ1) is 17.3. The van der Waals surface area contributed by atoms with Crippen LogP contribution in [0.4, 0.5) is 0 Å². The van der Waals surface area contributed by atoms with Crippen molar-refractivity contribution in [3.8, 4) is 0 Å². The zero-order valence-corrected chi connectivity index (χ0v) is 24.3. The number of amides is 1. The number of hydrogen-bond donors (Lipinski definition) is 0. The molecule has 3 aliphatic carbocycles. The number of carbonyl (C=O) groups is 2. The quantitative estimate of drug-likeness (QED) is 0.219. The Bertz CT molecular complexity index is 906. The second-order valence-electron chi connectivity index (χ2n) is 14.0. The molecular formula is C30H50N2O5. The molecule has 4 fully saturated rings. The molecule has 7 nitrogen and oxygen atoms in total. The van der Waals surface area contributed by atoms with Crippen molar-refractivity contribution in [1.82, 2.24) is 4.90 Å². The van der Waals surface area contributed by atoms with Gasteiger partial charge in [0, 0.05) is 37.2 Å². The van der Waals surface area contributed by atoms with Gasteiger partial charge < -0.3 is 9.64 Å². The lowest BCUT2D eigenvalue weighted by molar-refractivity contribution is -0.619. The molecule has 3 saturated carbocycles. The summed E-state index contributed by atoms with van der Waals surface area (Å²) in [6, 6.07) is 0. The number of likely N-dealkylation sites (N-methyl/N-ethyl adjacent to an activating group) is 1. The van der Waals surface area contributed by atoms with Gasteiger partial charge in [0.1, 0.15) is 0 Å². The van der Waals surface area contributed by atoms with Crippen LogP contribution in [0, 0.1) is 56.5 Å². The Morgan fingerprint density at radius 3 is 2.41 bits per heavy atom. The van der Waals surface area contributed by atoms with Gasteiger partial charge in [0.05, 0.1) is 0 Å². The van der Waals surface area contributed by atoms with Crippen molar-refractivity contribution in [2.75, 3.05) is 7.05 Å². The molecule has 4 aliphatic rings. The average Bonchev–Trinajstić information content (AvgIpc) is 3.14. The third kappa shape index (κ3) is 4.40. The lowest BCUT2D eigenvalue weighted by Crippen LogP contribution is -2.70. The predicted molar refractivity (Wildman–Crippen MR) is 143 cm³/mol. The second kappa shape index (κ2) is 10.1. The van der Waals surface area contributed by atoms with Crippen LogP contribution in [0.1, 0.15) is 112 Å². The number of nitrogens with zero attached hydrogens (tertiary/aromatic N) is 2. The van der Waals surface area contributed by atoms with Gasteiger partial charge in [-0.1, -0.05) is 53.9 Å². The van der Waals surface area contributed by atoms with Crippen LogP contribution in [-0.2, 0) is 14.3 Å². The van der Waals surface area contributed by atoms with Crippen molar-refractivity contribution in [3.63, 3.8) is 0 Å². The Hall–Kier alpha value is -1.66. The maximum Gasteiger partial charge on any atom is 0.304 e. The van der Waals surface area contributed by atoms with Gasteiger partial charge in [-0.15, -0.1) is 0 Å². The SMILES string of the molecule is CC(=O)O[C@H]1N(C)C(=O)CC[C@]2(C)[C@H]3CC[C@]4(C)[C@@H]([C@H](C)CCCC(C)C)CC[C@H]4[C@@H]3CC[C@]12[N+](=O)[O-]. The molecule has 0 aromatic carbocycles. The molecular weight excluding hydrogens is 468 g/mol. The van der Waals surface area contributed by atoms with Crippen LogP contribution >= 0.6 is 0 Å². The molecule has 0 N–H and O–H groups in total. The van der Waals surface area contributed by atoms with Crippen LogP contribution in [-0.4, -0.2) is 40.5 Å². The number of nitro groups is 1. The minimum absolute atomic E-state index is 0.164. The summed E-state index contributed by atoms with van der Waals surface area (Å²) in [6.07, 6.45) is 9.13. The number of hydrogen-bond acceptors (Lipinski definition) is 5. The molecule has 1 aliphatic heterocycles. The molecule has 0 aromatic heterocycles. The van der Waals surface area contributed by atoms with Crippen LogP contribution < -0.4 is 0 Å². The Kier molecular flexibility index (Phi) is 7.77. The van der Waals surface area contributed by atoms with Gasteiger partial charge in [0.25, 0.3) is 5.54 Å². The highest BCUT2D eigenvalue weighted by molar-refractivity contribution is 5.77. The summed E-state index contributed by atoms with van der Waals surface area (Å²) in [5, 5.41) is 13.0. The molecule has 37 heavy (non-hydrogen) atoms. The third-order valence-electron chi connectivity index (χ3n) is 11.9. The molecule has 0 spiro atoms. The molecule has 0 radical (unpaired) electrons. The minimum Gasteiger partial charge on any atom is -0.434 e. The fraction of sp³-hybridized carbons (Fsp3) is 0.933. The number of ether oxygens (including phenoxy) is 1. The van der Waals surface area contributed by atoms with Crippen LogP contribution in [0.3, 0.4) is 0 Å². The van der Waals surface area contributed by atoms with Crippen LogP contribution in [0.5, 0.6) is 0 Å². The normalized spacial score (nSPS) is 42.4. The smallest absolute Gasteiger partial charge is 0.304 e. The van der Waals surface area contributed by atoms with Crippen molar-refractivity contribution < 1.29 is 19.2 Å². The van der Waals surface area contributed by atoms with E-state index in [1.54, 1.807) is 7.05 Å². The van der Waals surface area contributed by atoms with Gasteiger partial charge in [-0.05, 0) is 79.4 Å². The van der Waals surface area contributed by atoms with Crippen LogP contribution in [0.2, 0.25) is 0 Å². The Morgan fingerprint density at radius 1 is 1.08 bits per heavy atom. The summed E-state index contributed by atoms with van der Waals surface area (Å²) in [5.74, 6) is 2.61. The maximum absolute atomic E-state index is 13.0. The van der Waals surface area contributed by atoms with E-state index in [1.165, 1.54) is 43.9 Å². The van der Waals surface area contributed by atoms with Crippen molar-refractivity contribution >= 4 is 11.9 Å². The number of rotatable bonds is 7. The van der Waals surface area contributed by atoms with E-state index < -0.39 is 23.2 Å². The second-order valence-corrected chi connectivity index (χ2v) is 14.0. The molecule has 1 amide bonds. The highest BCUT2D eigenvalue weighted by Crippen LogP contribution is 2.69. The van der Waals surface area contributed by atoms with Crippen molar-refractivity contribution in [2.45, 2.75) is 124 Å². The number of likely N-dealkylation sites (tertiary alicyclic amines) is 1. The Balaban J connectivity index is 1.65. The first-order valence-corrected chi connectivity index (χ1v) is 14.9. The lowest BCUT2D eigenvalue weighted by atomic mass is 9.43. The summed E-state index contributed by atoms with van der Waals surface area (Å²) in [4.78, 5) is 39.4. The van der Waals surface area contributed by atoms with Crippen molar-refractivity contribution in [2.24, 2.45) is 46.3 Å². The molecule has 0 unspecified atom stereocenters. The Labute approximate surface area is 223 Å². The van der Waals surface area contributed by atoms with Gasteiger partial charge in [-0.3, -0.25) is 19.7 Å². The highest BCUT2D eigenvalue weighted by atomic mass is 16.6. The van der Waals surface area contributed by atoms with Crippen molar-refractivity contribution in [1.29, 1.82) is 0 Å². The largest absolute Gasteiger partial charge is 0.434 e. The van der Waals surface area contributed by atoms with E-state index in [1.807, 2.05) is 0 Å². The topological polar surface area (TPSA) is 89.8 Å². The number of esters is 1. The molecule has 210 valence electrons. The molecule has 4 rings (SSSR count). The summed E-state index contributed by atoms with van der Waals surface area (Å²) in [5.41, 5.74) is -1.89. The van der Waals surface area contributed by atoms with Gasteiger partial charge in [-0.25, -0.2) is 0 Å². The van der Waals surface area contributed by atoms with Crippen LogP contribution in [0.25, 0.3) is 0 Å². The maximum atomic E-state index is 13.0. The molecule has 0 bridgehead atoms. The molecule has 0 aromatic rings. The standard InChI is InChI=1S/C30H50N2O5/c1-19(2)9-8-10-20(3)23-11-12-24-22-13-18-30(32(35)36)27(37-21(4)33)31(7)26(34)15-17-29(30,6)25(22)14-16-28(23,24)5/h19-20,22-25,27H,8-18H2,1-7H3/t20-,22+,23-,24+,25+,27-,28-,29-,30+/m1/s1. The molecule has 9 atom stereocenters. The fourth-order valence-corrected chi connectivity index (χ4v) is 10.0. The van der Waals surface area contributed by atoms with Gasteiger partial charge >= 0.3 is 5.97 Å². The molecule has 7 heteroatoms. The van der Waals surface area contributed by atoms with Gasteiger partial charge in [0.15, 0.2) is 0 Å². The van der Waals surface area contributed by atoms with E-state index in [2.05, 4.69) is 34.6 Å². The lowest BCUT2D eigenvalue weighted by Gasteiger charge is -2.60. The van der Waals surface area contributed by atoms with E-state index in [0.29, 0.717) is 30.6 Å². The van der Waals surface area contributed by atoms with Crippen LogP contribution in [0.15, 0.2) is 0 Å². The minimum atomic E-state index is -1.48. The zero-order chi connectivity index (χ0) is 27.3. The fourth-order valence-electron chi connectivity index (χ4n) is 10.0. The number of fused-ring (bicyclic) bond motifs is 5. The van der Waals surface area contributed by atoms with Crippen molar-refractivity contribution in [3.05, 3.63) is 10.1 Å². The monoisotopic (exact) mass is 518 g/mol. The Morgan fingerprint density at radius 2 is 1.78 bits per heavy atom. The summed E-state index contributed by atoms with van der Waals surface area (Å²) < 4.78 is 5.67. The van der Waals surface area contributed by atoms with E-state index in [9.17, 15) is 19.7 Å². The highest BCUT2D eigenvalue weighted by Gasteiger charge is 2.74. The van der Waals surface area contributed by atoms with Gasteiger partial charge in [0.2, 0.25) is 12.1 Å². The summed E-state index contributed by atoms with van der Waals surface area (Å²) in [6.45, 7) is 12.9. The van der Waals surface area contributed by atoms with E-state index in [4.69, 9.17) is 4.74 Å². The first-order valence-electron chi connectivity index (χ1n) is 14.9. The summed E-state index contributed by atoms with van der Waals surface area (Å²) in [7, 11) is 1.57. The zero-order valence-electron chi connectivity index (χ0n) is 24.3. The van der Waals surface area contributed by atoms with E-state index >= 15 is 0 Å². The van der Waals surface area contributed by atoms with E-state index in [-0.39, 0.29) is 28.6 Å². The third-order valence-corrected chi connectivity index (χ3v) is 11.9. The average molecular weight is 519 g/mol. The predicted octanol–water partition coefficient (Wildman–Crippen LogP) is 6.46. The van der Waals surface area contributed by atoms with E-state index in [0.717, 1.165) is 31.1 Å². The number of carbonyl (C=O) groups excluding carboxylic acids is 2. The molecule has 1 saturated heterocycles. The summed E-state index contributed by atoms with van der Waals surface area (Å²) >= 11 is 0. The first kappa shape index (κ1) is 28.4.